The molecule has 0 aromatic heterocycles. The third-order valence-corrected chi connectivity index (χ3v) is 2.86. The Balaban J connectivity index is 2.87. The van der Waals surface area contributed by atoms with Gasteiger partial charge in [0.25, 0.3) is 0 Å². The lowest BCUT2D eigenvalue weighted by atomic mass is 10.1. The van der Waals surface area contributed by atoms with Gasteiger partial charge in [0, 0.05) is 24.2 Å². The molecule has 5 heteroatoms. The van der Waals surface area contributed by atoms with E-state index in [2.05, 4.69) is 16.6 Å². The van der Waals surface area contributed by atoms with Crippen LogP contribution in [0, 0.1) is 19.3 Å². The number of anilines is 2. The van der Waals surface area contributed by atoms with E-state index in [-0.39, 0.29) is 18.2 Å². The summed E-state index contributed by atoms with van der Waals surface area (Å²) in [5.74, 6) is 1.93. The largest absolute Gasteiger partial charge is 0.326 e. The second-order valence-corrected chi connectivity index (χ2v) is 4.38. The van der Waals surface area contributed by atoms with E-state index < -0.39 is 6.04 Å². The van der Waals surface area contributed by atoms with Gasteiger partial charge in [0.1, 0.15) is 0 Å². The fraction of sp³-hybridized carbons (Fsp3) is 0.333. The molecule has 4 N–H and O–H groups in total. The molecule has 0 saturated heterocycles. The molecule has 0 fully saturated rings. The molecular formula is C15H19N3O2. The van der Waals surface area contributed by atoms with Gasteiger partial charge in [-0.15, -0.1) is 12.3 Å². The zero-order valence-corrected chi connectivity index (χ0v) is 11.7. The van der Waals surface area contributed by atoms with Gasteiger partial charge in [-0.3, -0.25) is 9.59 Å². The average molecular weight is 273 g/mol. The van der Waals surface area contributed by atoms with Crippen LogP contribution in [0.15, 0.2) is 18.2 Å². The summed E-state index contributed by atoms with van der Waals surface area (Å²) in [6.45, 7) is 3.59. The van der Waals surface area contributed by atoms with Crippen LogP contribution < -0.4 is 16.4 Å². The molecule has 0 aliphatic carbocycles. The number of terminal acetylenes is 1. The number of nitrogens with two attached hydrogens (primary N) is 1. The predicted molar refractivity (Wildman–Crippen MR) is 80.2 cm³/mol. The Morgan fingerprint density at radius 1 is 1.35 bits per heavy atom. The van der Waals surface area contributed by atoms with Crippen molar-refractivity contribution in [2.45, 2.75) is 32.7 Å². The van der Waals surface area contributed by atoms with Gasteiger partial charge in [-0.2, -0.15) is 0 Å². The van der Waals surface area contributed by atoms with Crippen molar-refractivity contribution in [3.8, 4) is 12.3 Å². The van der Waals surface area contributed by atoms with Crippen LogP contribution in [0.25, 0.3) is 0 Å². The summed E-state index contributed by atoms with van der Waals surface area (Å²) in [7, 11) is 0. The van der Waals surface area contributed by atoms with Crippen molar-refractivity contribution >= 4 is 23.2 Å². The minimum Gasteiger partial charge on any atom is -0.326 e. The summed E-state index contributed by atoms with van der Waals surface area (Å²) in [6, 6.07) is 4.53. The van der Waals surface area contributed by atoms with Gasteiger partial charge in [0.2, 0.25) is 11.8 Å². The smallest absolute Gasteiger partial charge is 0.242 e. The number of nitrogens with one attached hydrogen (secondary N) is 2. The lowest BCUT2D eigenvalue weighted by Crippen LogP contribution is -2.35. The second kappa shape index (κ2) is 7.31. The lowest BCUT2D eigenvalue weighted by Gasteiger charge is -2.15. The maximum absolute atomic E-state index is 11.8. The highest BCUT2D eigenvalue weighted by Gasteiger charge is 2.14. The van der Waals surface area contributed by atoms with Crippen molar-refractivity contribution in [1.29, 1.82) is 0 Å². The van der Waals surface area contributed by atoms with Crippen molar-refractivity contribution in [3.63, 3.8) is 0 Å². The summed E-state index contributed by atoms with van der Waals surface area (Å²) in [5, 5.41) is 5.49. The SMILES string of the molecule is C#CCC(N)C(=O)Nc1cccc(NC(=O)CC)c1C. The molecule has 2 amide bonds. The van der Waals surface area contributed by atoms with Crippen LogP contribution in [0.4, 0.5) is 11.4 Å². The predicted octanol–water partition coefficient (Wildman–Crippen LogP) is 1.63. The molecule has 0 spiro atoms. The highest BCUT2D eigenvalue weighted by Crippen LogP contribution is 2.23. The third kappa shape index (κ3) is 4.11. The molecule has 1 aromatic rings. The quantitative estimate of drug-likeness (QED) is 0.713. The molecule has 0 saturated carbocycles. The number of carbonyl (C=O) groups is 2. The minimum absolute atomic E-state index is 0.0828. The van der Waals surface area contributed by atoms with Crippen LogP contribution in [0.1, 0.15) is 25.3 Å². The zero-order valence-electron chi connectivity index (χ0n) is 11.7. The van der Waals surface area contributed by atoms with Crippen molar-refractivity contribution < 1.29 is 9.59 Å². The highest BCUT2D eigenvalue weighted by atomic mass is 16.2. The van der Waals surface area contributed by atoms with Crippen molar-refractivity contribution in [1.82, 2.24) is 0 Å². The zero-order chi connectivity index (χ0) is 15.1. The van der Waals surface area contributed by atoms with Crippen LogP contribution in [0.5, 0.6) is 0 Å². The monoisotopic (exact) mass is 273 g/mol. The maximum atomic E-state index is 11.8. The molecule has 5 nitrogen and oxygen atoms in total. The first-order chi connectivity index (χ1) is 9.49. The third-order valence-electron chi connectivity index (χ3n) is 2.86. The van der Waals surface area contributed by atoms with Gasteiger partial charge in [-0.25, -0.2) is 0 Å². The number of benzene rings is 1. The van der Waals surface area contributed by atoms with Gasteiger partial charge in [-0.1, -0.05) is 13.0 Å². The molecule has 0 bridgehead atoms. The molecule has 0 radical (unpaired) electrons. The lowest BCUT2D eigenvalue weighted by molar-refractivity contribution is -0.117. The Labute approximate surface area is 118 Å². The van der Waals surface area contributed by atoms with Gasteiger partial charge < -0.3 is 16.4 Å². The van der Waals surface area contributed by atoms with Crippen molar-refractivity contribution in [3.05, 3.63) is 23.8 Å². The topological polar surface area (TPSA) is 84.2 Å². The molecular weight excluding hydrogens is 254 g/mol. The number of rotatable bonds is 5. The average Bonchev–Trinajstić information content (AvgIpc) is 2.43. The molecule has 0 heterocycles. The first kappa shape index (κ1) is 15.7. The fourth-order valence-corrected chi connectivity index (χ4v) is 1.59. The van der Waals surface area contributed by atoms with Crippen LogP contribution in [0.3, 0.4) is 0 Å². The van der Waals surface area contributed by atoms with E-state index in [1.165, 1.54) is 0 Å². The van der Waals surface area contributed by atoms with E-state index >= 15 is 0 Å². The Bertz CT molecular complexity index is 547. The molecule has 1 aromatic carbocycles. The maximum Gasteiger partial charge on any atom is 0.242 e. The number of hydrogen-bond acceptors (Lipinski definition) is 3. The van der Waals surface area contributed by atoms with E-state index in [1.54, 1.807) is 25.1 Å². The summed E-state index contributed by atoms with van der Waals surface area (Å²) in [6.07, 6.45) is 5.70. The Morgan fingerprint density at radius 2 is 1.95 bits per heavy atom. The first-order valence-corrected chi connectivity index (χ1v) is 6.39. The van der Waals surface area contributed by atoms with Gasteiger partial charge in [0.05, 0.1) is 6.04 Å². The fourth-order valence-electron chi connectivity index (χ4n) is 1.59. The van der Waals surface area contributed by atoms with Crippen molar-refractivity contribution in [2.75, 3.05) is 10.6 Å². The van der Waals surface area contributed by atoms with Crippen LogP contribution in [-0.2, 0) is 9.59 Å². The molecule has 1 unspecified atom stereocenters. The molecule has 1 rings (SSSR count). The normalized spacial score (nSPS) is 11.3. The molecule has 0 aliphatic heterocycles. The molecule has 0 aliphatic rings. The van der Waals surface area contributed by atoms with Crippen LogP contribution >= 0.6 is 0 Å². The Kier molecular flexibility index (Phi) is 5.75. The van der Waals surface area contributed by atoms with E-state index in [4.69, 9.17) is 12.2 Å². The Hall–Kier alpha value is -2.32. The van der Waals surface area contributed by atoms with Gasteiger partial charge in [-0.05, 0) is 24.6 Å². The number of amides is 2. The standard InChI is InChI=1S/C15H19N3O2/c1-4-7-11(16)15(20)18-13-9-6-8-12(10(13)3)17-14(19)5-2/h1,6,8-9,11H,5,7,16H2,2-3H3,(H,17,19)(H,18,20). The number of carbonyl (C=O) groups excluding carboxylic acids is 2. The summed E-state index contributed by atoms with van der Waals surface area (Å²) in [5.41, 5.74) is 7.69. The number of hydrogen-bond donors (Lipinski definition) is 3. The van der Waals surface area contributed by atoms with Gasteiger partial charge >= 0.3 is 0 Å². The Morgan fingerprint density at radius 3 is 2.50 bits per heavy atom. The summed E-state index contributed by atoms with van der Waals surface area (Å²) >= 11 is 0. The van der Waals surface area contributed by atoms with E-state index in [0.717, 1.165) is 5.56 Å². The molecule has 106 valence electrons. The van der Waals surface area contributed by atoms with Gasteiger partial charge in [0.15, 0.2) is 0 Å². The first-order valence-electron chi connectivity index (χ1n) is 6.39. The highest BCUT2D eigenvalue weighted by molar-refractivity contribution is 5.97. The summed E-state index contributed by atoms with van der Waals surface area (Å²) < 4.78 is 0. The van der Waals surface area contributed by atoms with Crippen LogP contribution in [-0.4, -0.2) is 17.9 Å². The van der Waals surface area contributed by atoms with Crippen molar-refractivity contribution in [2.24, 2.45) is 5.73 Å². The van der Waals surface area contributed by atoms with E-state index in [0.29, 0.717) is 17.8 Å². The molecule has 1 atom stereocenters. The molecule has 20 heavy (non-hydrogen) atoms. The minimum atomic E-state index is -0.742. The summed E-state index contributed by atoms with van der Waals surface area (Å²) in [4.78, 5) is 23.2. The van der Waals surface area contributed by atoms with Crippen LogP contribution in [0.2, 0.25) is 0 Å². The van der Waals surface area contributed by atoms with E-state index in [1.807, 2.05) is 6.92 Å². The second-order valence-electron chi connectivity index (χ2n) is 4.38. The van der Waals surface area contributed by atoms with E-state index in [9.17, 15) is 9.59 Å².